The van der Waals surface area contributed by atoms with Gasteiger partial charge in [0.2, 0.25) is 15.9 Å². The van der Waals surface area contributed by atoms with E-state index in [0.29, 0.717) is 12.0 Å². The average molecular weight is 320 g/mol. The predicted octanol–water partition coefficient (Wildman–Crippen LogP) is 2.20. The summed E-state index contributed by atoms with van der Waals surface area (Å²) < 4.78 is 26.2. The molecule has 0 aliphatic rings. The zero-order valence-corrected chi connectivity index (χ0v) is 11.8. The van der Waals surface area contributed by atoms with Gasteiger partial charge in [-0.25, -0.2) is 8.42 Å². The maximum absolute atomic E-state index is 11.6. The van der Waals surface area contributed by atoms with Gasteiger partial charge in [-0.2, -0.15) is 0 Å². The van der Waals surface area contributed by atoms with E-state index in [2.05, 4.69) is 15.9 Å². The Morgan fingerprint density at radius 1 is 1.29 bits per heavy atom. The van der Waals surface area contributed by atoms with E-state index in [-0.39, 0.29) is 12.2 Å². The normalized spacial score (nSPS) is 11.2. The molecule has 0 aromatic heterocycles. The lowest BCUT2D eigenvalue weighted by molar-refractivity contribution is -0.119. The average Bonchev–Trinajstić information content (AvgIpc) is 2.20. The van der Waals surface area contributed by atoms with Crippen molar-refractivity contribution in [2.75, 3.05) is 0 Å². The van der Waals surface area contributed by atoms with Crippen molar-refractivity contribution in [1.29, 1.82) is 0 Å². The monoisotopic (exact) mass is 319 g/mol. The first-order valence-electron chi connectivity index (χ1n) is 5.20. The Morgan fingerprint density at radius 2 is 1.88 bits per heavy atom. The van der Waals surface area contributed by atoms with Crippen LogP contribution in [-0.4, -0.2) is 14.3 Å². The third kappa shape index (κ3) is 5.32. The summed E-state index contributed by atoms with van der Waals surface area (Å²) in [5.41, 5.74) is 0.644. The Hall–Kier alpha value is -0.880. The molecule has 0 fully saturated rings. The molecule has 0 saturated heterocycles. The minimum absolute atomic E-state index is 0.185. The van der Waals surface area contributed by atoms with Crippen molar-refractivity contribution in [3.8, 4) is 0 Å². The lowest BCUT2D eigenvalue weighted by atomic mass is 10.2. The fourth-order valence-electron chi connectivity index (χ4n) is 1.29. The molecule has 94 valence electrons. The van der Waals surface area contributed by atoms with Crippen LogP contribution in [-0.2, 0) is 20.6 Å². The molecule has 0 heterocycles. The van der Waals surface area contributed by atoms with E-state index in [1.807, 2.05) is 11.6 Å². The number of carbonyl (C=O) groups excluding carboxylic acids is 1. The molecule has 1 aromatic rings. The number of amides is 1. The van der Waals surface area contributed by atoms with E-state index in [1.165, 1.54) is 0 Å². The van der Waals surface area contributed by atoms with Crippen LogP contribution >= 0.6 is 15.9 Å². The van der Waals surface area contributed by atoms with Crippen molar-refractivity contribution in [3.05, 3.63) is 34.3 Å². The zero-order valence-electron chi connectivity index (χ0n) is 9.44. The SMILES string of the molecule is CCCC(=O)NS(=O)(=O)Cc1ccc(Br)cc1. The maximum Gasteiger partial charge on any atom is 0.239 e. The summed E-state index contributed by atoms with van der Waals surface area (Å²) in [6, 6.07) is 6.93. The lowest BCUT2D eigenvalue weighted by Gasteiger charge is -2.06. The summed E-state index contributed by atoms with van der Waals surface area (Å²) in [6.07, 6.45) is 0.846. The first kappa shape index (κ1) is 14.2. The van der Waals surface area contributed by atoms with Gasteiger partial charge in [-0.3, -0.25) is 9.52 Å². The van der Waals surface area contributed by atoms with Crippen LogP contribution in [0.5, 0.6) is 0 Å². The van der Waals surface area contributed by atoms with Gasteiger partial charge in [0.1, 0.15) is 0 Å². The number of hydrogen-bond donors (Lipinski definition) is 1. The fraction of sp³-hybridized carbons (Fsp3) is 0.364. The summed E-state index contributed by atoms with van der Waals surface area (Å²) in [5.74, 6) is -0.639. The molecule has 1 amide bonds. The van der Waals surface area contributed by atoms with Gasteiger partial charge >= 0.3 is 0 Å². The third-order valence-corrected chi connectivity index (χ3v) is 3.80. The molecule has 0 aliphatic heterocycles. The quantitative estimate of drug-likeness (QED) is 0.904. The Labute approximate surface area is 110 Å². The third-order valence-electron chi connectivity index (χ3n) is 2.02. The van der Waals surface area contributed by atoms with Crippen LogP contribution in [0.3, 0.4) is 0 Å². The second kappa shape index (κ2) is 6.16. The molecule has 0 bridgehead atoms. The summed E-state index contributed by atoms with van der Waals surface area (Å²) in [7, 11) is -3.58. The smallest absolute Gasteiger partial charge is 0.239 e. The zero-order chi connectivity index (χ0) is 12.9. The number of hydrogen-bond acceptors (Lipinski definition) is 3. The summed E-state index contributed by atoms with van der Waals surface area (Å²) in [4.78, 5) is 11.2. The van der Waals surface area contributed by atoms with Gasteiger partial charge in [-0.05, 0) is 24.1 Å². The number of benzene rings is 1. The molecular weight excluding hydrogens is 306 g/mol. The van der Waals surface area contributed by atoms with Crippen LogP contribution in [0.4, 0.5) is 0 Å². The van der Waals surface area contributed by atoms with Gasteiger partial charge in [0.15, 0.2) is 0 Å². The van der Waals surface area contributed by atoms with E-state index in [0.717, 1.165) is 4.47 Å². The highest BCUT2D eigenvalue weighted by molar-refractivity contribution is 9.10. The van der Waals surface area contributed by atoms with Crippen LogP contribution in [0.15, 0.2) is 28.7 Å². The Balaban J connectivity index is 2.66. The van der Waals surface area contributed by atoms with Crippen molar-refractivity contribution in [2.24, 2.45) is 0 Å². The molecule has 0 saturated carbocycles. The van der Waals surface area contributed by atoms with Gasteiger partial charge in [0, 0.05) is 10.9 Å². The van der Waals surface area contributed by atoms with Gasteiger partial charge in [0.05, 0.1) is 5.75 Å². The molecular formula is C11H14BrNO3S. The number of carbonyl (C=O) groups is 1. The van der Waals surface area contributed by atoms with Crippen molar-refractivity contribution >= 4 is 31.9 Å². The van der Waals surface area contributed by atoms with E-state index < -0.39 is 15.9 Å². The second-order valence-corrected chi connectivity index (χ2v) is 6.30. The van der Waals surface area contributed by atoms with Crippen LogP contribution < -0.4 is 4.72 Å². The van der Waals surface area contributed by atoms with E-state index >= 15 is 0 Å². The minimum Gasteiger partial charge on any atom is -0.274 e. The molecule has 17 heavy (non-hydrogen) atoms. The molecule has 1 rings (SSSR count). The first-order valence-corrected chi connectivity index (χ1v) is 7.65. The highest BCUT2D eigenvalue weighted by atomic mass is 79.9. The molecule has 0 atom stereocenters. The van der Waals surface area contributed by atoms with Crippen molar-refractivity contribution in [2.45, 2.75) is 25.5 Å². The molecule has 0 unspecified atom stereocenters. The maximum atomic E-state index is 11.6. The van der Waals surface area contributed by atoms with Crippen molar-refractivity contribution in [1.82, 2.24) is 4.72 Å². The largest absolute Gasteiger partial charge is 0.274 e. The molecule has 1 aromatic carbocycles. The second-order valence-electron chi connectivity index (χ2n) is 3.66. The number of halogens is 1. The lowest BCUT2D eigenvalue weighted by Crippen LogP contribution is -2.31. The van der Waals surface area contributed by atoms with Gasteiger partial charge in [0.25, 0.3) is 0 Å². The van der Waals surface area contributed by atoms with Crippen LogP contribution in [0, 0.1) is 0 Å². The highest BCUT2D eigenvalue weighted by Crippen LogP contribution is 2.12. The topological polar surface area (TPSA) is 63.2 Å². The van der Waals surface area contributed by atoms with E-state index in [1.54, 1.807) is 24.3 Å². The predicted molar refractivity (Wildman–Crippen MR) is 69.8 cm³/mol. The van der Waals surface area contributed by atoms with Gasteiger partial charge < -0.3 is 0 Å². The Bertz CT molecular complexity index is 482. The van der Waals surface area contributed by atoms with E-state index in [4.69, 9.17) is 0 Å². The highest BCUT2D eigenvalue weighted by Gasteiger charge is 2.14. The Kier molecular flexibility index (Phi) is 5.14. The summed E-state index contributed by atoms with van der Waals surface area (Å²) >= 11 is 3.27. The minimum atomic E-state index is -3.58. The van der Waals surface area contributed by atoms with Crippen molar-refractivity contribution < 1.29 is 13.2 Å². The van der Waals surface area contributed by atoms with Gasteiger partial charge in [-0.15, -0.1) is 0 Å². The molecule has 0 aliphatic carbocycles. The fourth-order valence-corrected chi connectivity index (χ4v) is 2.70. The molecule has 4 nitrogen and oxygen atoms in total. The molecule has 1 N–H and O–H groups in total. The Morgan fingerprint density at radius 3 is 2.41 bits per heavy atom. The summed E-state index contributed by atoms with van der Waals surface area (Å²) in [6.45, 7) is 1.82. The van der Waals surface area contributed by atoms with Gasteiger partial charge in [-0.1, -0.05) is 35.0 Å². The summed E-state index contributed by atoms with van der Waals surface area (Å²) in [5, 5.41) is 0. The van der Waals surface area contributed by atoms with Crippen LogP contribution in [0.25, 0.3) is 0 Å². The van der Waals surface area contributed by atoms with E-state index in [9.17, 15) is 13.2 Å². The number of sulfonamides is 1. The number of rotatable bonds is 5. The molecule has 0 spiro atoms. The number of nitrogens with one attached hydrogen (secondary N) is 1. The standard InChI is InChI=1S/C11H14BrNO3S/c1-2-3-11(14)13-17(15,16)8-9-4-6-10(12)7-5-9/h4-7H,2-3,8H2,1H3,(H,13,14). The van der Waals surface area contributed by atoms with Crippen LogP contribution in [0.2, 0.25) is 0 Å². The van der Waals surface area contributed by atoms with Crippen molar-refractivity contribution in [3.63, 3.8) is 0 Å². The molecule has 0 radical (unpaired) electrons. The molecule has 6 heteroatoms. The first-order chi connectivity index (χ1) is 7.93. The van der Waals surface area contributed by atoms with Crippen LogP contribution in [0.1, 0.15) is 25.3 Å².